The van der Waals surface area contributed by atoms with Gasteiger partial charge in [0.2, 0.25) is 0 Å². The van der Waals surface area contributed by atoms with E-state index in [1.807, 2.05) is 33.0 Å². The molecule has 1 aliphatic rings. The third-order valence-electron chi connectivity index (χ3n) is 3.93. The summed E-state index contributed by atoms with van der Waals surface area (Å²) in [6, 6.07) is 1.88. The average Bonchev–Trinajstić information content (AvgIpc) is 2.53. The SMILES string of the molecule is CC(C)(C)OC(=O)N1CCC(c2cnc3cnccc3n2)CC1. The number of carbonyl (C=O) groups is 1. The summed E-state index contributed by atoms with van der Waals surface area (Å²) in [6.07, 6.45) is 6.81. The molecule has 6 nitrogen and oxygen atoms in total. The predicted octanol–water partition coefficient (Wildman–Crippen LogP) is 3.14. The zero-order valence-electron chi connectivity index (χ0n) is 13.8. The van der Waals surface area contributed by atoms with Gasteiger partial charge < -0.3 is 9.64 Å². The molecule has 0 saturated carbocycles. The van der Waals surface area contributed by atoms with E-state index >= 15 is 0 Å². The van der Waals surface area contributed by atoms with Gasteiger partial charge in [-0.3, -0.25) is 9.97 Å². The Bertz CT molecular complexity index is 703. The molecule has 3 heterocycles. The molecule has 1 amide bonds. The molecule has 0 bridgehead atoms. The molecule has 0 N–H and O–H groups in total. The molecule has 1 aliphatic heterocycles. The molecule has 0 unspecified atom stereocenters. The van der Waals surface area contributed by atoms with E-state index < -0.39 is 5.60 Å². The van der Waals surface area contributed by atoms with E-state index in [2.05, 4.69) is 9.97 Å². The Morgan fingerprint density at radius 1 is 1.22 bits per heavy atom. The number of hydrogen-bond donors (Lipinski definition) is 0. The van der Waals surface area contributed by atoms with Gasteiger partial charge in [-0.15, -0.1) is 0 Å². The smallest absolute Gasteiger partial charge is 0.410 e. The second-order valence-electron chi connectivity index (χ2n) is 6.90. The Balaban J connectivity index is 1.65. The maximum atomic E-state index is 12.1. The van der Waals surface area contributed by atoms with E-state index in [4.69, 9.17) is 9.72 Å². The third kappa shape index (κ3) is 3.75. The van der Waals surface area contributed by atoms with Gasteiger partial charge in [-0.1, -0.05) is 0 Å². The van der Waals surface area contributed by atoms with E-state index in [1.54, 1.807) is 17.3 Å². The van der Waals surface area contributed by atoms with Crippen molar-refractivity contribution in [2.75, 3.05) is 13.1 Å². The fourth-order valence-corrected chi connectivity index (χ4v) is 2.76. The molecule has 1 fully saturated rings. The molecule has 122 valence electrons. The fraction of sp³-hybridized carbons (Fsp3) is 0.529. The van der Waals surface area contributed by atoms with Gasteiger partial charge in [0.15, 0.2) is 0 Å². The molecule has 1 saturated heterocycles. The lowest BCUT2D eigenvalue weighted by Gasteiger charge is -2.33. The Morgan fingerprint density at radius 2 is 1.96 bits per heavy atom. The number of ether oxygens (including phenoxy) is 1. The molecule has 2 aromatic rings. The summed E-state index contributed by atoms with van der Waals surface area (Å²) >= 11 is 0. The highest BCUT2D eigenvalue weighted by atomic mass is 16.6. The largest absolute Gasteiger partial charge is 0.444 e. The summed E-state index contributed by atoms with van der Waals surface area (Å²) in [5.41, 5.74) is 2.22. The van der Waals surface area contributed by atoms with Crippen LogP contribution in [0.4, 0.5) is 4.79 Å². The summed E-state index contributed by atoms with van der Waals surface area (Å²) in [5, 5.41) is 0. The highest BCUT2D eigenvalue weighted by Crippen LogP contribution is 2.28. The minimum atomic E-state index is -0.453. The van der Waals surface area contributed by atoms with Crippen molar-refractivity contribution in [2.45, 2.75) is 45.1 Å². The molecule has 6 heteroatoms. The van der Waals surface area contributed by atoms with Crippen molar-refractivity contribution in [3.63, 3.8) is 0 Å². The first-order chi connectivity index (χ1) is 10.9. The van der Waals surface area contributed by atoms with Gasteiger partial charge in [0, 0.05) is 31.4 Å². The number of piperidine rings is 1. The maximum Gasteiger partial charge on any atom is 0.410 e. The molecule has 3 rings (SSSR count). The Labute approximate surface area is 135 Å². The second kappa shape index (κ2) is 6.10. The third-order valence-corrected chi connectivity index (χ3v) is 3.93. The van der Waals surface area contributed by atoms with Gasteiger partial charge in [0.1, 0.15) is 11.1 Å². The Morgan fingerprint density at radius 3 is 2.65 bits per heavy atom. The summed E-state index contributed by atoms with van der Waals surface area (Å²) in [6.45, 7) is 7.04. The first-order valence-electron chi connectivity index (χ1n) is 7.97. The van der Waals surface area contributed by atoms with Gasteiger partial charge in [0.25, 0.3) is 0 Å². The van der Waals surface area contributed by atoms with Crippen LogP contribution in [0.1, 0.15) is 45.2 Å². The van der Waals surface area contributed by atoms with Crippen LogP contribution in [0.2, 0.25) is 0 Å². The number of pyridine rings is 1. The topological polar surface area (TPSA) is 68.2 Å². The van der Waals surface area contributed by atoms with E-state index in [-0.39, 0.29) is 6.09 Å². The number of likely N-dealkylation sites (tertiary alicyclic amines) is 1. The highest BCUT2D eigenvalue weighted by Gasteiger charge is 2.28. The maximum absolute atomic E-state index is 12.1. The first-order valence-corrected chi connectivity index (χ1v) is 7.97. The quantitative estimate of drug-likeness (QED) is 0.809. The number of fused-ring (bicyclic) bond motifs is 1. The lowest BCUT2D eigenvalue weighted by Crippen LogP contribution is -2.41. The van der Waals surface area contributed by atoms with Gasteiger partial charge in [-0.2, -0.15) is 0 Å². The van der Waals surface area contributed by atoms with Gasteiger partial charge in [-0.05, 0) is 39.7 Å². The Kier molecular flexibility index (Phi) is 4.15. The van der Waals surface area contributed by atoms with Crippen LogP contribution in [0.15, 0.2) is 24.7 Å². The van der Waals surface area contributed by atoms with E-state index in [1.165, 1.54) is 0 Å². The molecule has 2 aromatic heterocycles. The van der Waals surface area contributed by atoms with E-state index in [0.717, 1.165) is 29.6 Å². The predicted molar refractivity (Wildman–Crippen MR) is 87.1 cm³/mol. The number of carbonyl (C=O) groups excluding carboxylic acids is 1. The standard InChI is InChI=1S/C17H22N4O2/c1-17(2,3)23-16(22)21-8-5-12(6-9-21)14-11-19-15-10-18-7-4-13(15)20-14/h4,7,10-12H,5-6,8-9H2,1-3H3. The van der Waals surface area contributed by atoms with E-state index in [0.29, 0.717) is 19.0 Å². The zero-order chi connectivity index (χ0) is 16.4. The molecule has 0 spiro atoms. The van der Waals surface area contributed by atoms with Crippen LogP contribution < -0.4 is 0 Å². The molecular weight excluding hydrogens is 292 g/mol. The number of rotatable bonds is 1. The van der Waals surface area contributed by atoms with Crippen LogP contribution in [0.5, 0.6) is 0 Å². The van der Waals surface area contributed by atoms with Gasteiger partial charge in [0.05, 0.1) is 17.4 Å². The Hall–Kier alpha value is -2.24. The number of aromatic nitrogens is 3. The minimum absolute atomic E-state index is 0.230. The van der Waals surface area contributed by atoms with Crippen molar-refractivity contribution in [1.29, 1.82) is 0 Å². The molecule has 0 aromatic carbocycles. The summed E-state index contributed by atoms with van der Waals surface area (Å²) < 4.78 is 5.43. The zero-order valence-corrected chi connectivity index (χ0v) is 13.8. The summed E-state index contributed by atoms with van der Waals surface area (Å²) in [4.78, 5) is 27.1. The molecular formula is C17H22N4O2. The van der Waals surface area contributed by atoms with Crippen LogP contribution in [-0.4, -0.2) is 44.6 Å². The lowest BCUT2D eigenvalue weighted by atomic mass is 9.94. The van der Waals surface area contributed by atoms with Gasteiger partial charge in [-0.25, -0.2) is 9.78 Å². The lowest BCUT2D eigenvalue weighted by molar-refractivity contribution is 0.0204. The molecule has 23 heavy (non-hydrogen) atoms. The van der Waals surface area contributed by atoms with Crippen molar-refractivity contribution in [1.82, 2.24) is 19.9 Å². The van der Waals surface area contributed by atoms with Crippen molar-refractivity contribution >= 4 is 17.1 Å². The van der Waals surface area contributed by atoms with Crippen LogP contribution >= 0.6 is 0 Å². The van der Waals surface area contributed by atoms with Crippen molar-refractivity contribution in [3.05, 3.63) is 30.4 Å². The average molecular weight is 314 g/mol. The van der Waals surface area contributed by atoms with Crippen LogP contribution in [0, 0.1) is 0 Å². The molecule has 0 atom stereocenters. The number of nitrogens with zero attached hydrogens (tertiary/aromatic N) is 4. The van der Waals surface area contributed by atoms with Crippen molar-refractivity contribution < 1.29 is 9.53 Å². The minimum Gasteiger partial charge on any atom is -0.444 e. The second-order valence-corrected chi connectivity index (χ2v) is 6.90. The van der Waals surface area contributed by atoms with E-state index in [9.17, 15) is 4.79 Å². The highest BCUT2D eigenvalue weighted by molar-refractivity contribution is 5.72. The number of amides is 1. The van der Waals surface area contributed by atoms with Crippen molar-refractivity contribution in [3.8, 4) is 0 Å². The summed E-state index contributed by atoms with van der Waals surface area (Å²) in [5.74, 6) is 0.332. The molecule has 0 radical (unpaired) electrons. The van der Waals surface area contributed by atoms with Crippen molar-refractivity contribution in [2.24, 2.45) is 0 Å². The van der Waals surface area contributed by atoms with Crippen LogP contribution in [0.3, 0.4) is 0 Å². The first kappa shape index (κ1) is 15.6. The fourth-order valence-electron chi connectivity index (χ4n) is 2.76. The van der Waals surface area contributed by atoms with Gasteiger partial charge >= 0.3 is 6.09 Å². The molecule has 0 aliphatic carbocycles. The number of hydrogen-bond acceptors (Lipinski definition) is 5. The summed E-state index contributed by atoms with van der Waals surface area (Å²) in [7, 11) is 0. The van der Waals surface area contributed by atoms with Crippen LogP contribution in [0.25, 0.3) is 11.0 Å². The monoisotopic (exact) mass is 314 g/mol. The normalized spacial score (nSPS) is 16.6. The van der Waals surface area contributed by atoms with Crippen LogP contribution in [-0.2, 0) is 4.74 Å².